The number of aliphatic carboxylic acids is 1. The van der Waals surface area contributed by atoms with Gasteiger partial charge in [0.05, 0.1) is 0 Å². The maximum Gasteiger partial charge on any atom is 0.323 e. The van der Waals surface area contributed by atoms with Crippen LogP contribution in [0.1, 0.15) is 20.3 Å². The number of aryl methyl sites for hydroxylation is 1. The molecule has 5 heteroatoms. The second-order valence-corrected chi connectivity index (χ2v) is 3.33. The van der Waals surface area contributed by atoms with Crippen molar-refractivity contribution in [2.45, 2.75) is 26.8 Å². The lowest BCUT2D eigenvalue weighted by Crippen LogP contribution is -2.32. The van der Waals surface area contributed by atoms with Crippen LogP contribution >= 0.6 is 0 Å². The lowest BCUT2D eigenvalue weighted by atomic mass is 10.4. The highest BCUT2D eigenvalue weighted by atomic mass is 16.4. The van der Waals surface area contributed by atoms with Crippen molar-refractivity contribution in [1.29, 1.82) is 0 Å². The Labute approximate surface area is 89.3 Å². The normalized spacial score (nSPS) is 10.3. The molecule has 0 saturated carbocycles. The van der Waals surface area contributed by atoms with Gasteiger partial charge in [0.2, 0.25) is 5.95 Å². The smallest absolute Gasteiger partial charge is 0.323 e. The molecule has 15 heavy (non-hydrogen) atoms. The summed E-state index contributed by atoms with van der Waals surface area (Å²) in [5, 5.41) is 8.79. The van der Waals surface area contributed by atoms with Crippen LogP contribution < -0.4 is 4.90 Å². The van der Waals surface area contributed by atoms with E-state index in [9.17, 15) is 4.79 Å². The summed E-state index contributed by atoms with van der Waals surface area (Å²) in [4.78, 5) is 16.7. The maximum absolute atomic E-state index is 10.7. The van der Waals surface area contributed by atoms with Gasteiger partial charge in [-0.05, 0) is 13.3 Å². The van der Waals surface area contributed by atoms with Gasteiger partial charge in [-0.15, -0.1) is 0 Å². The molecular formula is C10H17N3O2. The Balaban J connectivity index is 2.82. The van der Waals surface area contributed by atoms with Crippen LogP contribution in [-0.2, 0) is 11.3 Å². The van der Waals surface area contributed by atoms with E-state index in [0.29, 0.717) is 6.54 Å². The zero-order chi connectivity index (χ0) is 11.3. The van der Waals surface area contributed by atoms with Crippen molar-refractivity contribution in [2.24, 2.45) is 0 Å². The van der Waals surface area contributed by atoms with Crippen molar-refractivity contribution in [3.63, 3.8) is 0 Å². The van der Waals surface area contributed by atoms with E-state index in [1.54, 1.807) is 11.1 Å². The van der Waals surface area contributed by atoms with Crippen molar-refractivity contribution in [2.75, 3.05) is 18.0 Å². The number of hydrogen-bond donors (Lipinski definition) is 1. The molecule has 0 bridgehead atoms. The number of carboxylic acid groups (broad SMARTS) is 1. The van der Waals surface area contributed by atoms with Gasteiger partial charge in [-0.25, -0.2) is 4.98 Å². The van der Waals surface area contributed by atoms with Gasteiger partial charge in [-0.1, -0.05) is 6.92 Å². The Morgan fingerprint density at radius 1 is 1.60 bits per heavy atom. The van der Waals surface area contributed by atoms with E-state index in [-0.39, 0.29) is 6.54 Å². The first-order valence-corrected chi connectivity index (χ1v) is 5.16. The van der Waals surface area contributed by atoms with Crippen molar-refractivity contribution in [3.05, 3.63) is 12.4 Å². The second-order valence-electron chi connectivity index (χ2n) is 3.33. The van der Waals surface area contributed by atoms with Gasteiger partial charge in [0.15, 0.2) is 0 Å². The Morgan fingerprint density at radius 2 is 2.33 bits per heavy atom. The van der Waals surface area contributed by atoms with Crippen LogP contribution in [0.25, 0.3) is 0 Å². The third-order valence-corrected chi connectivity index (χ3v) is 2.14. The van der Waals surface area contributed by atoms with Crippen LogP contribution in [-0.4, -0.2) is 33.7 Å². The second kappa shape index (κ2) is 5.38. The van der Waals surface area contributed by atoms with Crippen LogP contribution in [0, 0.1) is 0 Å². The summed E-state index contributed by atoms with van der Waals surface area (Å²) in [7, 11) is 0. The molecule has 1 rings (SSSR count). The minimum absolute atomic E-state index is 0.00481. The predicted octanol–water partition coefficient (Wildman–Crippen LogP) is 1.20. The minimum atomic E-state index is -0.825. The van der Waals surface area contributed by atoms with Crippen molar-refractivity contribution >= 4 is 11.9 Å². The molecule has 5 nitrogen and oxygen atoms in total. The van der Waals surface area contributed by atoms with Gasteiger partial charge in [0.1, 0.15) is 6.54 Å². The predicted molar refractivity (Wildman–Crippen MR) is 58.0 cm³/mol. The first-order chi connectivity index (χ1) is 7.19. The Bertz CT molecular complexity index is 322. The molecule has 0 radical (unpaired) electrons. The first kappa shape index (κ1) is 11.6. The van der Waals surface area contributed by atoms with E-state index in [2.05, 4.69) is 4.98 Å². The van der Waals surface area contributed by atoms with Crippen LogP contribution in [0.15, 0.2) is 12.4 Å². The molecule has 84 valence electrons. The molecule has 0 aliphatic rings. The molecule has 0 aliphatic carbocycles. The number of hydrogen-bond acceptors (Lipinski definition) is 3. The number of carbonyl (C=O) groups is 1. The zero-order valence-corrected chi connectivity index (χ0v) is 9.18. The van der Waals surface area contributed by atoms with Crippen molar-refractivity contribution < 1.29 is 9.90 Å². The van der Waals surface area contributed by atoms with Crippen LogP contribution in [0.5, 0.6) is 0 Å². The fraction of sp³-hybridized carbons (Fsp3) is 0.600. The number of aromatic nitrogens is 2. The number of anilines is 1. The van der Waals surface area contributed by atoms with E-state index in [1.807, 2.05) is 24.6 Å². The number of imidazole rings is 1. The summed E-state index contributed by atoms with van der Waals surface area (Å²) >= 11 is 0. The Kier molecular flexibility index (Phi) is 4.15. The monoisotopic (exact) mass is 211 g/mol. The molecule has 0 fully saturated rings. The molecule has 1 heterocycles. The van der Waals surface area contributed by atoms with Gasteiger partial charge in [-0.2, -0.15) is 0 Å². The molecule has 0 atom stereocenters. The lowest BCUT2D eigenvalue weighted by molar-refractivity contribution is -0.135. The summed E-state index contributed by atoms with van der Waals surface area (Å²) in [6, 6.07) is 0. The van der Waals surface area contributed by atoms with Gasteiger partial charge < -0.3 is 14.6 Å². The highest BCUT2D eigenvalue weighted by Gasteiger charge is 2.13. The highest BCUT2D eigenvalue weighted by molar-refractivity contribution is 5.72. The Morgan fingerprint density at radius 3 is 2.87 bits per heavy atom. The molecule has 0 aromatic carbocycles. The van der Waals surface area contributed by atoms with E-state index >= 15 is 0 Å². The molecule has 1 N–H and O–H groups in total. The number of rotatable bonds is 6. The minimum Gasteiger partial charge on any atom is -0.480 e. The summed E-state index contributed by atoms with van der Waals surface area (Å²) in [6.07, 6.45) is 4.47. The SMILES string of the molecule is CCCN(CC(=O)O)c1nccn1CC. The molecule has 0 aliphatic heterocycles. The summed E-state index contributed by atoms with van der Waals surface area (Å²) < 4.78 is 1.94. The van der Waals surface area contributed by atoms with Crippen molar-refractivity contribution in [3.8, 4) is 0 Å². The van der Waals surface area contributed by atoms with Gasteiger partial charge in [0.25, 0.3) is 0 Å². The van der Waals surface area contributed by atoms with Gasteiger partial charge in [0, 0.05) is 25.5 Å². The fourth-order valence-electron chi connectivity index (χ4n) is 1.51. The van der Waals surface area contributed by atoms with E-state index in [4.69, 9.17) is 5.11 Å². The molecule has 0 spiro atoms. The fourth-order valence-corrected chi connectivity index (χ4v) is 1.51. The topological polar surface area (TPSA) is 58.4 Å². The lowest BCUT2D eigenvalue weighted by Gasteiger charge is -2.21. The standard InChI is InChI=1S/C10H17N3O2/c1-3-6-13(8-9(14)15)10-11-5-7-12(10)4-2/h5,7H,3-4,6,8H2,1-2H3,(H,14,15). The average molecular weight is 211 g/mol. The van der Waals surface area contributed by atoms with Crippen LogP contribution in [0.3, 0.4) is 0 Å². The quantitative estimate of drug-likeness (QED) is 0.768. The summed E-state index contributed by atoms with van der Waals surface area (Å²) in [6.45, 7) is 5.55. The van der Waals surface area contributed by atoms with E-state index in [1.165, 1.54) is 0 Å². The highest BCUT2D eigenvalue weighted by Crippen LogP contribution is 2.11. The Hall–Kier alpha value is -1.52. The maximum atomic E-state index is 10.7. The first-order valence-electron chi connectivity index (χ1n) is 5.16. The summed E-state index contributed by atoms with van der Waals surface area (Å²) in [5.74, 6) is -0.0872. The van der Waals surface area contributed by atoms with E-state index in [0.717, 1.165) is 18.9 Å². The van der Waals surface area contributed by atoms with Crippen LogP contribution in [0.4, 0.5) is 5.95 Å². The van der Waals surface area contributed by atoms with Gasteiger partial charge >= 0.3 is 5.97 Å². The third-order valence-electron chi connectivity index (χ3n) is 2.14. The molecule has 0 unspecified atom stereocenters. The van der Waals surface area contributed by atoms with Crippen LogP contribution in [0.2, 0.25) is 0 Å². The molecule has 1 aromatic heterocycles. The average Bonchev–Trinajstić information content (AvgIpc) is 2.64. The molecule has 0 saturated heterocycles. The van der Waals surface area contributed by atoms with Crippen molar-refractivity contribution in [1.82, 2.24) is 9.55 Å². The third kappa shape index (κ3) is 2.97. The number of carboxylic acids is 1. The molecule has 0 amide bonds. The zero-order valence-electron chi connectivity index (χ0n) is 9.18. The largest absolute Gasteiger partial charge is 0.480 e. The molecule has 1 aromatic rings. The van der Waals surface area contributed by atoms with E-state index < -0.39 is 5.97 Å². The molecular weight excluding hydrogens is 194 g/mol. The summed E-state index contributed by atoms with van der Waals surface area (Å²) in [5.41, 5.74) is 0. The van der Waals surface area contributed by atoms with Gasteiger partial charge in [-0.3, -0.25) is 4.79 Å². The number of nitrogens with zero attached hydrogens (tertiary/aromatic N) is 3.